The minimum absolute atomic E-state index is 0.00293. The molecule has 0 aromatic heterocycles. The number of methoxy groups -OCH3 is 1. The second-order valence-corrected chi connectivity index (χ2v) is 10.1. The van der Waals surface area contributed by atoms with Crippen molar-refractivity contribution >= 4 is 39.2 Å². The number of sulfonamides is 1. The Morgan fingerprint density at radius 1 is 1.09 bits per heavy atom. The van der Waals surface area contributed by atoms with Gasteiger partial charge in [0.1, 0.15) is 5.75 Å². The van der Waals surface area contributed by atoms with Crippen LogP contribution in [-0.4, -0.2) is 57.4 Å². The summed E-state index contributed by atoms with van der Waals surface area (Å²) in [4.78, 5) is 27.2. The van der Waals surface area contributed by atoms with Crippen LogP contribution in [0.5, 0.6) is 5.75 Å². The Balaban J connectivity index is 1.57. The summed E-state index contributed by atoms with van der Waals surface area (Å²) >= 11 is 5.88. The predicted octanol–water partition coefficient (Wildman–Crippen LogP) is 2.71. The second-order valence-electron chi connectivity index (χ2n) is 7.70. The number of hydrogen-bond donors (Lipinski definition) is 0. The fourth-order valence-electron chi connectivity index (χ4n) is 4.04. The Morgan fingerprint density at radius 2 is 1.81 bits per heavy atom. The fourth-order valence-corrected chi connectivity index (χ4v) is 5.69. The number of para-hydroxylation sites is 2. The molecule has 8 nitrogen and oxygen atoms in total. The molecule has 0 radical (unpaired) electrons. The summed E-state index contributed by atoms with van der Waals surface area (Å²) in [5.74, 6) is -0.960. The van der Waals surface area contributed by atoms with E-state index in [1.807, 2.05) is 0 Å². The number of rotatable bonds is 4. The normalized spacial score (nSPS) is 21.4. The topological polar surface area (TPSA) is 93.2 Å². The van der Waals surface area contributed by atoms with E-state index in [1.54, 1.807) is 24.3 Å². The van der Waals surface area contributed by atoms with Gasteiger partial charge in [0, 0.05) is 18.1 Å². The van der Waals surface area contributed by atoms with Crippen molar-refractivity contribution < 1.29 is 27.5 Å². The van der Waals surface area contributed by atoms with Gasteiger partial charge in [-0.3, -0.25) is 4.79 Å². The number of anilines is 1. The van der Waals surface area contributed by atoms with Crippen molar-refractivity contribution in [3.05, 3.63) is 53.6 Å². The molecule has 0 spiro atoms. The van der Waals surface area contributed by atoms with Gasteiger partial charge in [0.05, 0.1) is 30.2 Å². The first-order chi connectivity index (χ1) is 15.3. The largest absolute Gasteiger partial charge is 0.475 e. The number of nitrogens with zero attached hydrogens (tertiary/aromatic N) is 2. The molecule has 2 aliphatic heterocycles. The summed E-state index contributed by atoms with van der Waals surface area (Å²) in [6, 6.07) is 12.9. The maximum Gasteiger partial charge on any atom is 0.348 e. The Labute approximate surface area is 191 Å². The lowest BCUT2D eigenvalue weighted by Gasteiger charge is -2.38. The smallest absolute Gasteiger partial charge is 0.348 e. The van der Waals surface area contributed by atoms with Crippen molar-refractivity contribution in [2.45, 2.75) is 23.8 Å². The summed E-state index contributed by atoms with van der Waals surface area (Å²) in [6.45, 7) is 0.397. The Bertz CT molecular complexity index is 1120. The van der Waals surface area contributed by atoms with Crippen molar-refractivity contribution in [2.24, 2.45) is 5.92 Å². The Kier molecular flexibility index (Phi) is 6.41. The molecule has 1 fully saturated rings. The molecule has 170 valence electrons. The third kappa shape index (κ3) is 4.32. The molecule has 2 heterocycles. The second kappa shape index (κ2) is 9.09. The highest BCUT2D eigenvalue weighted by Gasteiger charge is 2.40. The zero-order valence-electron chi connectivity index (χ0n) is 17.4. The van der Waals surface area contributed by atoms with Crippen LogP contribution in [0.15, 0.2) is 53.4 Å². The fraction of sp³-hybridized carbons (Fsp3) is 0.364. The van der Waals surface area contributed by atoms with Crippen molar-refractivity contribution in [2.75, 3.05) is 31.6 Å². The number of hydrogen-bond acceptors (Lipinski definition) is 6. The summed E-state index contributed by atoms with van der Waals surface area (Å²) in [7, 11) is -2.50. The van der Waals surface area contributed by atoms with Gasteiger partial charge in [-0.1, -0.05) is 23.7 Å². The molecule has 2 aromatic rings. The molecule has 0 saturated carbocycles. The maximum atomic E-state index is 13.5. The van der Waals surface area contributed by atoms with E-state index in [0.717, 1.165) is 0 Å². The monoisotopic (exact) mass is 478 g/mol. The van der Waals surface area contributed by atoms with Crippen molar-refractivity contribution in [3.63, 3.8) is 0 Å². The van der Waals surface area contributed by atoms with E-state index in [-0.39, 0.29) is 23.9 Å². The zero-order chi connectivity index (χ0) is 22.9. The summed E-state index contributed by atoms with van der Waals surface area (Å²) < 4.78 is 38.0. The van der Waals surface area contributed by atoms with Gasteiger partial charge < -0.3 is 14.4 Å². The summed E-state index contributed by atoms with van der Waals surface area (Å²) in [5, 5.41) is 0.446. The van der Waals surface area contributed by atoms with Crippen LogP contribution in [0.3, 0.4) is 0 Å². The van der Waals surface area contributed by atoms with E-state index in [4.69, 9.17) is 21.1 Å². The SMILES string of the molecule is COC(=O)[C@@H]1CN(C(=O)[C@H]2CCCN(S(=O)(=O)c3ccc(Cl)cc3)C2)c2ccccc2O1. The molecule has 0 bridgehead atoms. The van der Waals surface area contributed by atoms with Crippen LogP contribution in [0, 0.1) is 5.92 Å². The van der Waals surface area contributed by atoms with E-state index in [0.29, 0.717) is 35.8 Å². The quantitative estimate of drug-likeness (QED) is 0.627. The first kappa shape index (κ1) is 22.6. The highest BCUT2D eigenvalue weighted by Crippen LogP contribution is 2.35. The van der Waals surface area contributed by atoms with Gasteiger partial charge in [0.2, 0.25) is 22.0 Å². The number of carbonyl (C=O) groups is 2. The van der Waals surface area contributed by atoms with Crippen LogP contribution in [0.1, 0.15) is 12.8 Å². The average Bonchev–Trinajstić information content (AvgIpc) is 2.82. The van der Waals surface area contributed by atoms with Crippen molar-refractivity contribution in [1.29, 1.82) is 0 Å². The van der Waals surface area contributed by atoms with Gasteiger partial charge in [0.15, 0.2) is 0 Å². The van der Waals surface area contributed by atoms with Crippen molar-refractivity contribution in [1.82, 2.24) is 4.31 Å². The zero-order valence-corrected chi connectivity index (χ0v) is 19.0. The number of fused-ring (bicyclic) bond motifs is 1. The van der Waals surface area contributed by atoms with Gasteiger partial charge in [0.25, 0.3) is 0 Å². The number of benzene rings is 2. The number of piperidine rings is 1. The molecule has 4 rings (SSSR count). The van der Waals surface area contributed by atoms with E-state index in [9.17, 15) is 18.0 Å². The number of amides is 1. The van der Waals surface area contributed by atoms with Crippen LogP contribution in [0.25, 0.3) is 0 Å². The molecule has 0 aliphatic carbocycles. The standard InChI is InChI=1S/C22H23ClN2O6S/c1-30-22(27)20-14-25(18-6-2-3-7-19(18)31-20)21(26)15-5-4-12-24(13-15)32(28,29)17-10-8-16(23)9-11-17/h2-3,6-11,15,20H,4-5,12-14H2,1H3/t15-,20-/m0/s1. The Morgan fingerprint density at radius 3 is 2.53 bits per heavy atom. The van der Waals surface area contributed by atoms with E-state index in [1.165, 1.54) is 40.6 Å². The lowest BCUT2D eigenvalue weighted by atomic mass is 9.97. The number of carbonyl (C=O) groups excluding carboxylic acids is 2. The first-order valence-electron chi connectivity index (χ1n) is 10.2. The molecule has 2 aromatic carbocycles. The van der Waals surface area contributed by atoms with E-state index < -0.39 is 28.0 Å². The number of ether oxygens (including phenoxy) is 2. The minimum Gasteiger partial charge on any atom is -0.475 e. The summed E-state index contributed by atoms with van der Waals surface area (Å²) in [6.07, 6.45) is 0.153. The van der Waals surface area contributed by atoms with Crippen LogP contribution < -0.4 is 9.64 Å². The van der Waals surface area contributed by atoms with Gasteiger partial charge >= 0.3 is 5.97 Å². The summed E-state index contributed by atoms with van der Waals surface area (Å²) in [5.41, 5.74) is 0.551. The third-order valence-corrected chi connectivity index (χ3v) is 7.82. The van der Waals surface area contributed by atoms with Crippen LogP contribution in [-0.2, 0) is 24.3 Å². The van der Waals surface area contributed by atoms with Gasteiger partial charge in [-0.2, -0.15) is 4.31 Å². The first-order valence-corrected chi connectivity index (χ1v) is 12.0. The highest BCUT2D eigenvalue weighted by molar-refractivity contribution is 7.89. The van der Waals surface area contributed by atoms with Crippen LogP contribution in [0.2, 0.25) is 5.02 Å². The average molecular weight is 479 g/mol. The predicted molar refractivity (Wildman–Crippen MR) is 118 cm³/mol. The highest BCUT2D eigenvalue weighted by atomic mass is 35.5. The molecule has 0 N–H and O–H groups in total. The van der Waals surface area contributed by atoms with Crippen LogP contribution >= 0.6 is 11.6 Å². The third-order valence-electron chi connectivity index (χ3n) is 5.69. The Hall–Kier alpha value is -2.62. The lowest BCUT2D eigenvalue weighted by molar-refractivity contribution is -0.148. The molecule has 1 amide bonds. The van der Waals surface area contributed by atoms with Crippen LogP contribution in [0.4, 0.5) is 5.69 Å². The number of esters is 1. The lowest BCUT2D eigenvalue weighted by Crippen LogP contribution is -2.52. The molecule has 32 heavy (non-hydrogen) atoms. The molecule has 0 unspecified atom stereocenters. The van der Waals surface area contributed by atoms with Gasteiger partial charge in [-0.25, -0.2) is 13.2 Å². The maximum absolute atomic E-state index is 13.5. The number of halogens is 1. The molecule has 1 saturated heterocycles. The van der Waals surface area contributed by atoms with Gasteiger partial charge in [-0.05, 0) is 49.2 Å². The molecular weight excluding hydrogens is 456 g/mol. The molecule has 2 aliphatic rings. The van der Waals surface area contributed by atoms with E-state index >= 15 is 0 Å². The van der Waals surface area contributed by atoms with Gasteiger partial charge in [-0.15, -0.1) is 0 Å². The molecule has 10 heteroatoms. The van der Waals surface area contributed by atoms with E-state index in [2.05, 4.69) is 0 Å². The molecule has 2 atom stereocenters. The van der Waals surface area contributed by atoms with Crippen molar-refractivity contribution in [3.8, 4) is 5.75 Å². The minimum atomic E-state index is -3.76. The molecular formula is C22H23ClN2O6S.